The number of imidazole rings is 1. The van der Waals surface area contributed by atoms with Gasteiger partial charge in [-0.15, -0.1) is 0 Å². The van der Waals surface area contributed by atoms with E-state index >= 15 is 0 Å². The van der Waals surface area contributed by atoms with E-state index < -0.39 is 0 Å². The van der Waals surface area contributed by atoms with Gasteiger partial charge in [0.05, 0.1) is 17.6 Å². The van der Waals surface area contributed by atoms with Crippen molar-refractivity contribution in [1.29, 1.82) is 0 Å². The molecule has 2 aliphatic heterocycles. The van der Waals surface area contributed by atoms with E-state index in [4.69, 9.17) is 4.98 Å². The third-order valence-electron chi connectivity index (χ3n) is 6.31. The monoisotopic (exact) mass is 370 g/mol. The van der Waals surface area contributed by atoms with E-state index in [2.05, 4.69) is 28.8 Å². The zero-order valence-corrected chi connectivity index (χ0v) is 16.4. The Morgan fingerprint density at radius 1 is 1.30 bits per heavy atom. The van der Waals surface area contributed by atoms with E-state index in [-0.39, 0.29) is 17.5 Å². The smallest absolute Gasteiger partial charge is 0.247 e. The highest BCUT2D eigenvalue weighted by Crippen LogP contribution is 2.42. The number of hydrogen-bond donors (Lipinski definition) is 1. The summed E-state index contributed by atoms with van der Waals surface area (Å²) in [5.74, 6) is 0.191. The maximum atomic E-state index is 13.1. The minimum Gasteiger partial charge on any atom is -0.348 e. The number of carbonyl (C=O) groups excluding carboxylic acids is 1. The van der Waals surface area contributed by atoms with Crippen molar-refractivity contribution in [3.8, 4) is 0 Å². The SMILES string of the molecule is CCCN1CCc2[nH]cnc2C12CCN(C(=O)C(CC)n1cccn1)CC2. The first kappa shape index (κ1) is 18.2. The van der Waals surface area contributed by atoms with E-state index in [1.165, 1.54) is 11.4 Å². The lowest BCUT2D eigenvalue weighted by molar-refractivity contribution is -0.138. The number of amides is 1. The number of carbonyl (C=O) groups is 1. The number of fused-ring (bicyclic) bond motifs is 2. The Labute approximate surface area is 160 Å². The highest BCUT2D eigenvalue weighted by Gasteiger charge is 2.47. The number of nitrogens with zero attached hydrogens (tertiary/aromatic N) is 5. The summed E-state index contributed by atoms with van der Waals surface area (Å²) < 4.78 is 1.79. The molecule has 1 atom stereocenters. The molecular weight excluding hydrogens is 340 g/mol. The molecule has 4 rings (SSSR count). The average Bonchev–Trinajstić information content (AvgIpc) is 3.38. The van der Waals surface area contributed by atoms with E-state index in [1.54, 1.807) is 10.9 Å². The van der Waals surface area contributed by atoms with Crippen molar-refractivity contribution in [2.75, 3.05) is 26.2 Å². The molecule has 1 amide bonds. The molecule has 1 saturated heterocycles. The van der Waals surface area contributed by atoms with Gasteiger partial charge < -0.3 is 9.88 Å². The van der Waals surface area contributed by atoms with Gasteiger partial charge in [-0.25, -0.2) is 4.98 Å². The topological polar surface area (TPSA) is 70.1 Å². The first-order valence-corrected chi connectivity index (χ1v) is 10.2. The van der Waals surface area contributed by atoms with Crippen LogP contribution in [-0.2, 0) is 16.8 Å². The second-order valence-electron chi connectivity index (χ2n) is 7.73. The van der Waals surface area contributed by atoms with Crippen LogP contribution >= 0.6 is 0 Å². The van der Waals surface area contributed by atoms with Gasteiger partial charge in [0, 0.05) is 44.1 Å². The summed E-state index contributed by atoms with van der Waals surface area (Å²) >= 11 is 0. The van der Waals surface area contributed by atoms with Gasteiger partial charge in [0.2, 0.25) is 5.91 Å². The van der Waals surface area contributed by atoms with E-state index in [1.807, 2.05) is 23.5 Å². The van der Waals surface area contributed by atoms with Gasteiger partial charge in [0.1, 0.15) is 6.04 Å². The number of hydrogen-bond acceptors (Lipinski definition) is 4. The zero-order chi connectivity index (χ0) is 18.9. The second-order valence-corrected chi connectivity index (χ2v) is 7.73. The van der Waals surface area contributed by atoms with Crippen molar-refractivity contribution < 1.29 is 4.79 Å². The predicted molar refractivity (Wildman–Crippen MR) is 103 cm³/mol. The average molecular weight is 371 g/mol. The lowest BCUT2D eigenvalue weighted by atomic mass is 9.78. The summed E-state index contributed by atoms with van der Waals surface area (Å²) in [5, 5.41) is 4.29. The fourth-order valence-electron chi connectivity index (χ4n) is 4.92. The van der Waals surface area contributed by atoms with Gasteiger partial charge in [-0.2, -0.15) is 5.10 Å². The fourth-order valence-corrected chi connectivity index (χ4v) is 4.92. The fraction of sp³-hybridized carbons (Fsp3) is 0.650. The zero-order valence-electron chi connectivity index (χ0n) is 16.4. The molecule has 146 valence electrons. The van der Waals surface area contributed by atoms with Crippen molar-refractivity contribution >= 4 is 5.91 Å². The molecule has 2 aromatic heterocycles. The normalized spacial score (nSPS) is 20.6. The van der Waals surface area contributed by atoms with Gasteiger partial charge in [-0.05, 0) is 38.3 Å². The van der Waals surface area contributed by atoms with Crippen molar-refractivity contribution in [3.05, 3.63) is 36.2 Å². The maximum absolute atomic E-state index is 13.1. The van der Waals surface area contributed by atoms with Crippen LogP contribution in [0.15, 0.2) is 24.8 Å². The molecule has 0 aromatic carbocycles. The van der Waals surface area contributed by atoms with Crippen LogP contribution in [0.3, 0.4) is 0 Å². The van der Waals surface area contributed by atoms with Crippen molar-refractivity contribution in [2.24, 2.45) is 0 Å². The lowest BCUT2D eigenvalue weighted by Crippen LogP contribution is -2.57. The molecule has 0 bridgehead atoms. The van der Waals surface area contributed by atoms with E-state index in [0.29, 0.717) is 0 Å². The number of aromatic amines is 1. The molecule has 1 unspecified atom stereocenters. The van der Waals surface area contributed by atoms with Crippen LogP contribution in [0.25, 0.3) is 0 Å². The molecule has 1 fully saturated rings. The van der Waals surface area contributed by atoms with Crippen molar-refractivity contribution in [1.82, 2.24) is 29.5 Å². The minimum absolute atomic E-state index is 0.0201. The standard InChI is InChI=1S/C20H30N6O/c1-3-10-25-12-6-16-18(22-15-21-16)20(25)7-13-24(14-8-20)19(27)17(4-2)26-11-5-9-23-26/h5,9,11,15,17H,3-4,6-8,10,12-14H2,1-2H3,(H,21,22). The van der Waals surface area contributed by atoms with Gasteiger partial charge in [0.15, 0.2) is 0 Å². The summed E-state index contributed by atoms with van der Waals surface area (Å²) in [6.45, 7) is 8.01. The Morgan fingerprint density at radius 2 is 2.11 bits per heavy atom. The lowest BCUT2D eigenvalue weighted by Gasteiger charge is -2.50. The molecule has 1 spiro atoms. The number of H-pyrrole nitrogens is 1. The third-order valence-corrected chi connectivity index (χ3v) is 6.31. The Kier molecular flexibility index (Phi) is 5.04. The van der Waals surface area contributed by atoms with Gasteiger partial charge in [-0.3, -0.25) is 14.4 Å². The molecule has 0 aliphatic carbocycles. The largest absolute Gasteiger partial charge is 0.348 e. The number of piperidine rings is 1. The Bertz CT molecular complexity index is 759. The first-order valence-electron chi connectivity index (χ1n) is 10.2. The highest BCUT2D eigenvalue weighted by atomic mass is 16.2. The van der Waals surface area contributed by atoms with Crippen LogP contribution < -0.4 is 0 Å². The summed E-state index contributed by atoms with van der Waals surface area (Å²) in [6.07, 6.45) is 10.3. The van der Waals surface area contributed by atoms with Crippen molar-refractivity contribution in [3.63, 3.8) is 0 Å². The number of rotatable bonds is 5. The van der Waals surface area contributed by atoms with E-state index in [0.717, 1.165) is 58.3 Å². The summed E-state index contributed by atoms with van der Waals surface area (Å²) in [5.41, 5.74) is 2.48. The Balaban J connectivity index is 1.53. The first-order chi connectivity index (χ1) is 13.2. The molecule has 2 aliphatic rings. The Morgan fingerprint density at radius 3 is 2.78 bits per heavy atom. The van der Waals surface area contributed by atoms with Crippen LogP contribution in [0.4, 0.5) is 0 Å². The molecule has 7 nitrogen and oxygen atoms in total. The summed E-state index contributed by atoms with van der Waals surface area (Å²) in [7, 11) is 0. The van der Waals surface area contributed by atoms with Gasteiger partial charge in [0.25, 0.3) is 0 Å². The van der Waals surface area contributed by atoms with Crippen molar-refractivity contribution in [2.45, 2.75) is 57.5 Å². The second kappa shape index (κ2) is 7.46. The van der Waals surface area contributed by atoms with Crippen LogP contribution in [0.1, 0.15) is 57.0 Å². The summed E-state index contributed by atoms with van der Waals surface area (Å²) in [6, 6.07) is 1.68. The highest BCUT2D eigenvalue weighted by molar-refractivity contribution is 5.80. The van der Waals surface area contributed by atoms with Crippen LogP contribution in [0, 0.1) is 0 Å². The van der Waals surface area contributed by atoms with Gasteiger partial charge >= 0.3 is 0 Å². The maximum Gasteiger partial charge on any atom is 0.247 e. The summed E-state index contributed by atoms with van der Waals surface area (Å²) in [4.78, 5) is 25.8. The van der Waals surface area contributed by atoms with Crippen LogP contribution in [0.5, 0.6) is 0 Å². The quantitative estimate of drug-likeness (QED) is 0.877. The molecule has 1 N–H and O–H groups in total. The number of aromatic nitrogens is 4. The van der Waals surface area contributed by atoms with E-state index in [9.17, 15) is 4.79 Å². The molecule has 4 heterocycles. The molecule has 2 aromatic rings. The van der Waals surface area contributed by atoms with Gasteiger partial charge in [-0.1, -0.05) is 13.8 Å². The number of likely N-dealkylation sites (tertiary alicyclic amines) is 1. The minimum atomic E-state index is -0.201. The third kappa shape index (κ3) is 3.08. The molecular formula is C20H30N6O. The number of nitrogens with one attached hydrogen (secondary N) is 1. The molecule has 7 heteroatoms. The molecule has 0 radical (unpaired) electrons. The molecule has 27 heavy (non-hydrogen) atoms. The Hall–Kier alpha value is -2.15. The van der Waals surface area contributed by atoms with Crippen LogP contribution in [-0.4, -0.2) is 61.6 Å². The molecule has 0 saturated carbocycles. The van der Waals surface area contributed by atoms with Crippen LogP contribution in [0.2, 0.25) is 0 Å². The predicted octanol–water partition coefficient (Wildman–Crippen LogP) is 2.34.